The molecule has 0 fully saturated rings. The minimum atomic E-state index is -0.0868. The maximum atomic E-state index is 11.2. The van der Waals surface area contributed by atoms with Crippen molar-refractivity contribution < 1.29 is 9.90 Å². The van der Waals surface area contributed by atoms with E-state index in [0.29, 0.717) is 12.4 Å². The van der Waals surface area contributed by atoms with E-state index in [0.717, 1.165) is 5.56 Å². The van der Waals surface area contributed by atoms with Crippen molar-refractivity contribution in [1.29, 1.82) is 0 Å². The van der Waals surface area contributed by atoms with Crippen molar-refractivity contribution in [3.05, 3.63) is 29.8 Å². The number of nitrogens with one attached hydrogen (secondary N) is 1. The molecule has 0 atom stereocenters. The lowest BCUT2D eigenvalue weighted by Gasteiger charge is -2.03. The van der Waals surface area contributed by atoms with Gasteiger partial charge < -0.3 is 10.4 Å². The third-order valence-corrected chi connectivity index (χ3v) is 1.88. The number of halogens is 1. The molecule has 3 nitrogen and oxygen atoms in total. The molecule has 0 aliphatic heterocycles. The predicted octanol–water partition coefficient (Wildman–Crippen LogP) is 1.29. The molecule has 0 spiro atoms. The standard InChI is InChI=1S/C10H12ClNO2/c11-4-5-12-10(14)7-8-2-1-3-9(13)6-8/h1-3,6,13H,4-5,7H2,(H,12,14). The Hall–Kier alpha value is -1.22. The lowest BCUT2D eigenvalue weighted by Crippen LogP contribution is -2.26. The fourth-order valence-corrected chi connectivity index (χ4v) is 1.20. The third kappa shape index (κ3) is 3.66. The number of hydrogen-bond donors (Lipinski definition) is 2. The van der Waals surface area contributed by atoms with Gasteiger partial charge in [-0.15, -0.1) is 11.6 Å². The van der Waals surface area contributed by atoms with E-state index in [1.54, 1.807) is 24.3 Å². The normalized spacial score (nSPS) is 9.79. The van der Waals surface area contributed by atoms with Crippen LogP contribution in [0.2, 0.25) is 0 Å². The summed E-state index contributed by atoms with van der Waals surface area (Å²) < 4.78 is 0. The van der Waals surface area contributed by atoms with E-state index in [1.165, 1.54) is 0 Å². The van der Waals surface area contributed by atoms with E-state index >= 15 is 0 Å². The zero-order chi connectivity index (χ0) is 10.4. The highest BCUT2D eigenvalue weighted by Crippen LogP contribution is 2.10. The number of hydrogen-bond acceptors (Lipinski definition) is 2. The van der Waals surface area contributed by atoms with Crippen molar-refractivity contribution in [3.8, 4) is 5.75 Å². The van der Waals surface area contributed by atoms with Crippen molar-refractivity contribution >= 4 is 17.5 Å². The highest BCUT2D eigenvalue weighted by Gasteiger charge is 2.02. The molecule has 0 saturated heterocycles. The van der Waals surface area contributed by atoms with Crippen LogP contribution in [0.3, 0.4) is 0 Å². The first kappa shape index (κ1) is 10.9. The first-order chi connectivity index (χ1) is 6.72. The SMILES string of the molecule is O=C(Cc1cccc(O)c1)NCCCl. The monoisotopic (exact) mass is 213 g/mol. The summed E-state index contributed by atoms with van der Waals surface area (Å²) in [5, 5.41) is 11.8. The van der Waals surface area contributed by atoms with Gasteiger partial charge in [-0.3, -0.25) is 4.79 Å². The molecule has 4 heteroatoms. The molecule has 76 valence electrons. The molecular formula is C10H12ClNO2. The number of phenols is 1. The van der Waals surface area contributed by atoms with Gasteiger partial charge in [0.05, 0.1) is 6.42 Å². The quantitative estimate of drug-likeness (QED) is 0.741. The fourth-order valence-electron chi connectivity index (χ4n) is 1.10. The van der Waals surface area contributed by atoms with E-state index in [2.05, 4.69) is 5.32 Å². The first-order valence-corrected chi connectivity index (χ1v) is 4.86. The zero-order valence-corrected chi connectivity index (χ0v) is 8.42. The van der Waals surface area contributed by atoms with E-state index in [1.807, 2.05) is 0 Å². The summed E-state index contributed by atoms with van der Waals surface area (Å²) >= 11 is 5.42. The molecule has 0 unspecified atom stereocenters. The van der Waals surface area contributed by atoms with Crippen molar-refractivity contribution in [1.82, 2.24) is 5.32 Å². The average molecular weight is 214 g/mol. The van der Waals surface area contributed by atoms with Crippen LogP contribution in [0.1, 0.15) is 5.56 Å². The van der Waals surface area contributed by atoms with E-state index in [-0.39, 0.29) is 18.1 Å². The maximum absolute atomic E-state index is 11.2. The van der Waals surface area contributed by atoms with Crippen LogP contribution >= 0.6 is 11.6 Å². The highest BCUT2D eigenvalue weighted by atomic mass is 35.5. The van der Waals surface area contributed by atoms with Crippen LogP contribution in [-0.2, 0) is 11.2 Å². The number of amides is 1. The maximum Gasteiger partial charge on any atom is 0.224 e. The fraction of sp³-hybridized carbons (Fsp3) is 0.300. The second-order valence-electron chi connectivity index (χ2n) is 2.89. The van der Waals surface area contributed by atoms with Gasteiger partial charge in [0.15, 0.2) is 0 Å². The molecule has 0 heterocycles. The Morgan fingerprint density at radius 2 is 2.29 bits per heavy atom. The van der Waals surface area contributed by atoms with Crippen LogP contribution in [0.25, 0.3) is 0 Å². The number of carbonyl (C=O) groups is 1. The van der Waals surface area contributed by atoms with Crippen LogP contribution in [0.5, 0.6) is 5.75 Å². The molecule has 14 heavy (non-hydrogen) atoms. The Labute approximate surface area is 87.7 Å². The summed E-state index contributed by atoms with van der Waals surface area (Å²) in [5.74, 6) is 0.495. The second-order valence-corrected chi connectivity index (χ2v) is 3.26. The Kier molecular flexibility index (Phi) is 4.26. The van der Waals surface area contributed by atoms with Crippen molar-refractivity contribution in [2.75, 3.05) is 12.4 Å². The molecular weight excluding hydrogens is 202 g/mol. The van der Waals surface area contributed by atoms with Gasteiger partial charge in [-0.1, -0.05) is 12.1 Å². The van der Waals surface area contributed by atoms with Crippen molar-refractivity contribution in [2.24, 2.45) is 0 Å². The zero-order valence-electron chi connectivity index (χ0n) is 7.66. The molecule has 0 aromatic heterocycles. The van der Waals surface area contributed by atoms with Crippen LogP contribution in [0, 0.1) is 0 Å². The molecule has 1 aromatic carbocycles. The molecule has 0 aliphatic carbocycles. The summed E-state index contributed by atoms with van der Waals surface area (Å²) in [4.78, 5) is 11.2. The largest absolute Gasteiger partial charge is 0.508 e. The van der Waals surface area contributed by atoms with Gasteiger partial charge in [-0.05, 0) is 17.7 Å². The second kappa shape index (κ2) is 5.50. The Morgan fingerprint density at radius 1 is 1.50 bits per heavy atom. The number of rotatable bonds is 4. The lowest BCUT2D eigenvalue weighted by atomic mass is 10.1. The van der Waals surface area contributed by atoms with Gasteiger partial charge in [-0.25, -0.2) is 0 Å². The predicted molar refractivity (Wildman–Crippen MR) is 55.5 cm³/mol. The first-order valence-electron chi connectivity index (χ1n) is 4.33. The van der Waals surface area contributed by atoms with Crippen molar-refractivity contribution in [3.63, 3.8) is 0 Å². The average Bonchev–Trinajstić information content (AvgIpc) is 2.15. The molecule has 0 radical (unpaired) electrons. The number of carbonyl (C=O) groups excluding carboxylic acids is 1. The topological polar surface area (TPSA) is 49.3 Å². The Bertz CT molecular complexity index is 315. The molecule has 0 saturated carbocycles. The molecule has 2 N–H and O–H groups in total. The van der Waals surface area contributed by atoms with Crippen LogP contribution < -0.4 is 5.32 Å². The Balaban J connectivity index is 2.47. The summed E-state index contributed by atoms with van der Waals surface area (Å²) in [5.41, 5.74) is 0.789. The summed E-state index contributed by atoms with van der Waals surface area (Å²) in [6, 6.07) is 6.64. The van der Waals surface area contributed by atoms with E-state index < -0.39 is 0 Å². The molecule has 1 amide bonds. The van der Waals surface area contributed by atoms with Gasteiger partial charge >= 0.3 is 0 Å². The van der Waals surface area contributed by atoms with Crippen LogP contribution in [0.15, 0.2) is 24.3 Å². The molecule has 0 aliphatic rings. The minimum absolute atomic E-state index is 0.0868. The molecule has 1 aromatic rings. The Morgan fingerprint density at radius 3 is 2.93 bits per heavy atom. The van der Waals surface area contributed by atoms with Gasteiger partial charge in [0.25, 0.3) is 0 Å². The smallest absolute Gasteiger partial charge is 0.224 e. The van der Waals surface area contributed by atoms with E-state index in [9.17, 15) is 4.79 Å². The lowest BCUT2D eigenvalue weighted by molar-refractivity contribution is -0.120. The van der Waals surface area contributed by atoms with E-state index in [4.69, 9.17) is 16.7 Å². The van der Waals surface area contributed by atoms with Gasteiger partial charge in [0.2, 0.25) is 5.91 Å². The number of phenolic OH excluding ortho intramolecular Hbond substituents is 1. The van der Waals surface area contributed by atoms with Gasteiger partial charge in [0.1, 0.15) is 5.75 Å². The minimum Gasteiger partial charge on any atom is -0.508 e. The summed E-state index contributed by atoms with van der Waals surface area (Å²) in [7, 11) is 0. The van der Waals surface area contributed by atoms with Gasteiger partial charge in [-0.2, -0.15) is 0 Å². The van der Waals surface area contributed by atoms with Gasteiger partial charge in [0, 0.05) is 12.4 Å². The van der Waals surface area contributed by atoms with Crippen molar-refractivity contribution in [2.45, 2.75) is 6.42 Å². The number of benzene rings is 1. The number of alkyl halides is 1. The third-order valence-electron chi connectivity index (χ3n) is 1.69. The molecule has 0 bridgehead atoms. The summed E-state index contributed by atoms with van der Waals surface area (Å²) in [6.07, 6.45) is 0.269. The summed E-state index contributed by atoms with van der Waals surface area (Å²) in [6.45, 7) is 0.471. The highest BCUT2D eigenvalue weighted by molar-refractivity contribution is 6.18. The van der Waals surface area contributed by atoms with Crippen LogP contribution in [-0.4, -0.2) is 23.4 Å². The molecule has 1 rings (SSSR count). The van der Waals surface area contributed by atoms with Crippen LogP contribution in [0.4, 0.5) is 0 Å². The number of aromatic hydroxyl groups is 1.